The summed E-state index contributed by atoms with van der Waals surface area (Å²) in [5, 5.41) is 3.39. The molecule has 0 saturated heterocycles. The predicted octanol–water partition coefficient (Wildman–Crippen LogP) is 3.92. The first-order chi connectivity index (χ1) is 17.6. The van der Waals surface area contributed by atoms with Crippen LogP contribution in [0.5, 0.6) is 0 Å². The molecule has 0 unspecified atom stereocenters. The monoisotopic (exact) mass is 555 g/mol. The molecule has 0 fully saturated rings. The van der Waals surface area contributed by atoms with Gasteiger partial charge in [0.05, 0.1) is 59.5 Å². The van der Waals surface area contributed by atoms with Gasteiger partial charge in [0.15, 0.2) is 5.12 Å². The van der Waals surface area contributed by atoms with Crippen LogP contribution in [0.15, 0.2) is 0 Å². The number of hydrogen-bond acceptors (Lipinski definition) is 10. The zero-order valence-corrected chi connectivity index (χ0v) is 25.1. The fourth-order valence-corrected chi connectivity index (χ4v) is 6.28. The van der Waals surface area contributed by atoms with Crippen LogP contribution in [0.4, 0.5) is 0 Å². The second-order valence-electron chi connectivity index (χ2n) is 8.18. The Labute approximate surface area is 225 Å². The number of likely N-dealkylation sites (N-methyl/N-ethyl adjacent to an activating group) is 1. The summed E-state index contributed by atoms with van der Waals surface area (Å²) >= 11 is 1.32. The van der Waals surface area contributed by atoms with Crippen molar-refractivity contribution in [2.75, 3.05) is 91.5 Å². The molecule has 0 bridgehead atoms. The maximum atomic E-state index is 11.3. The van der Waals surface area contributed by atoms with E-state index in [1.165, 1.54) is 11.8 Å². The van der Waals surface area contributed by atoms with Gasteiger partial charge >= 0.3 is 8.80 Å². The minimum atomic E-state index is -2.98. The zero-order valence-electron chi connectivity index (χ0n) is 23.3. The molecule has 0 atom stereocenters. The van der Waals surface area contributed by atoms with Crippen LogP contribution in [0.2, 0.25) is 6.04 Å². The topological polar surface area (TPSA) is 93.7 Å². The number of carbonyl (C=O) groups excluding carboxylic acids is 1. The third kappa shape index (κ3) is 24.3. The fourth-order valence-electron chi connectivity index (χ4n) is 2.95. The fraction of sp³-hybridized carbons (Fsp3) is 0.960. The van der Waals surface area contributed by atoms with Gasteiger partial charge in [-0.15, -0.1) is 0 Å². The molecule has 0 aliphatic carbocycles. The van der Waals surface area contributed by atoms with E-state index in [0.717, 1.165) is 58.4 Å². The van der Waals surface area contributed by atoms with Gasteiger partial charge in [-0.3, -0.25) is 4.79 Å². The molecule has 0 aromatic carbocycles. The molecule has 1 N–H and O–H groups in total. The standard InChI is InChI=1S/C25H53NO8SSi/c1-5-8-12-28-15-17-30-19-21-33-36(32-14-11-26-7-3,24-10-23-35-25(4)27)34-22-20-31-18-16-29-13-9-6-2/h26H,5-24H2,1-4H3. The van der Waals surface area contributed by atoms with Gasteiger partial charge in [-0.25, -0.2) is 0 Å². The van der Waals surface area contributed by atoms with Crippen LogP contribution in [0, 0.1) is 0 Å². The van der Waals surface area contributed by atoms with Crippen LogP contribution >= 0.6 is 11.8 Å². The molecule has 0 rings (SSSR count). The lowest BCUT2D eigenvalue weighted by atomic mass is 10.4. The van der Waals surface area contributed by atoms with E-state index < -0.39 is 8.80 Å². The van der Waals surface area contributed by atoms with Crippen LogP contribution in [-0.4, -0.2) is 105 Å². The second-order valence-corrected chi connectivity index (χ2v) is 12.2. The lowest BCUT2D eigenvalue weighted by Crippen LogP contribution is -2.48. The van der Waals surface area contributed by atoms with Crippen molar-refractivity contribution in [3.05, 3.63) is 0 Å². The maximum absolute atomic E-state index is 11.3. The third-order valence-corrected chi connectivity index (χ3v) is 8.71. The summed E-state index contributed by atoms with van der Waals surface area (Å²) in [6.45, 7) is 15.4. The summed E-state index contributed by atoms with van der Waals surface area (Å²) in [4.78, 5) is 11.3. The van der Waals surface area contributed by atoms with Crippen molar-refractivity contribution in [1.29, 1.82) is 0 Å². The Kier molecular flexibility index (Phi) is 27.9. The summed E-state index contributed by atoms with van der Waals surface area (Å²) in [6, 6.07) is 0.639. The summed E-state index contributed by atoms with van der Waals surface area (Å²) < 4.78 is 41.2. The van der Waals surface area contributed by atoms with Gasteiger partial charge in [0.2, 0.25) is 0 Å². The Bertz CT molecular complexity index is 457. The molecule has 0 aromatic heterocycles. The molecule has 0 aromatic rings. The van der Waals surface area contributed by atoms with Crippen molar-refractivity contribution >= 4 is 25.7 Å². The summed E-state index contributed by atoms with van der Waals surface area (Å²) in [5.74, 6) is 0.713. The van der Waals surface area contributed by atoms with Crippen molar-refractivity contribution in [1.82, 2.24) is 5.32 Å². The highest BCUT2D eigenvalue weighted by molar-refractivity contribution is 8.13. The van der Waals surface area contributed by atoms with E-state index in [1.807, 2.05) is 0 Å². The quantitative estimate of drug-likeness (QED) is 0.108. The minimum absolute atomic E-state index is 0.112. The Morgan fingerprint density at radius 2 is 1.14 bits per heavy atom. The normalized spacial score (nSPS) is 11.9. The Hall–Kier alpha value is -0.0831. The van der Waals surface area contributed by atoms with Gasteiger partial charge in [0, 0.05) is 38.5 Å². The van der Waals surface area contributed by atoms with E-state index in [4.69, 9.17) is 32.2 Å². The van der Waals surface area contributed by atoms with Gasteiger partial charge in [-0.2, -0.15) is 0 Å². The number of carbonyl (C=O) groups is 1. The summed E-state index contributed by atoms with van der Waals surface area (Å²) in [7, 11) is -2.98. The number of rotatable bonds is 29. The third-order valence-electron chi connectivity index (χ3n) is 4.91. The molecule has 36 heavy (non-hydrogen) atoms. The first-order valence-electron chi connectivity index (χ1n) is 13.7. The molecule has 0 saturated carbocycles. The van der Waals surface area contributed by atoms with Crippen LogP contribution in [0.1, 0.15) is 59.8 Å². The van der Waals surface area contributed by atoms with E-state index in [0.29, 0.717) is 71.3 Å². The van der Waals surface area contributed by atoms with Crippen LogP contribution in [0.25, 0.3) is 0 Å². The molecule has 0 heterocycles. The van der Waals surface area contributed by atoms with E-state index in [1.54, 1.807) is 6.92 Å². The van der Waals surface area contributed by atoms with Crippen LogP contribution < -0.4 is 5.32 Å². The number of thioether (sulfide) groups is 1. The Balaban J connectivity index is 4.63. The number of unbranched alkanes of at least 4 members (excludes halogenated alkanes) is 2. The predicted molar refractivity (Wildman–Crippen MR) is 148 cm³/mol. The van der Waals surface area contributed by atoms with Crippen molar-refractivity contribution in [2.24, 2.45) is 0 Å². The highest BCUT2D eigenvalue weighted by atomic mass is 32.2. The maximum Gasteiger partial charge on any atom is 0.501 e. The van der Waals surface area contributed by atoms with E-state index >= 15 is 0 Å². The van der Waals surface area contributed by atoms with Gasteiger partial charge in [-0.1, -0.05) is 45.4 Å². The largest absolute Gasteiger partial charge is 0.501 e. The molecular weight excluding hydrogens is 502 g/mol. The first kappa shape index (κ1) is 35.9. The van der Waals surface area contributed by atoms with Gasteiger partial charge < -0.3 is 37.5 Å². The Morgan fingerprint density at radius 3 is 1.61 bits per heavy atom. The summed E-state index contributed by atoms with van der Waals surface area (Å²) in [5.41, 5.74) is 0. The van der Waals surface area contributed by atoms with Crippen molar-refractivity contribution in [3.8, 4) is 0 Å². The highest BCUT2D eigenvalue weighted by Crippen LogP contribution is 2.20. The minimum Gasteiger partial charge on any atom is -0.379 e. The molecule has 0 radical (unpaired) electrons. The first-order valence-corrected chi connectivity index (χ1v) is 16.6. The van der Waals surface area contributed by atoms with Crippen LogP contribution in [0.3, 0.4) is 0 Å². The van der Waals surface area contributed by atoms with Crippen molar-refractivity contribution in [2.45, 2.75) is 65.8 Å². The Morgan fingerprint density at radius 1 is 0.667 bits per heavy atom. The molecular formula is C25H53NO8SSi. The molecule has 9 nitrogen and oxygen atoms in total. The molecule has 11 heteroatoms. The zero-order chi connectivity index (χ0) is 26.6. The average molecular weight is 556 g/mol. The average Bonchev–Trinajstić information content (AvgIpc) is 2.87. The number of hydrogen-bond donors (Lipinski definition) is 1. The molecule has 0 amide bonds. The van der Waals surface area contributed by atoms with Crippen molar-refractivity contribution in [3.63, 3.8) is 0 Å². The lowest BCUT2D eigenvalue weighted by Gasteiger charge is -2.30. The van der Waals surface area contributed by atoms with E-state index in [2.05, 4.69) is 26.1 Å². The molecule has 216 valence electrons. The molecule has 0 spiro atoms. The lowest BCUT2D eigenvalue weighted by molar-refractivity contribution is -0.109. The molecule has 0 aliphatic rings. The van der Waals surface area contributed by atoms with E-state index in [9.17, 15) is 4.79 Å². The smallest absolute Gasteiger partial charge is 0.379 e. The van der Waals surface area contributed by atoms with Gasteiger partial charge in [-0.05, 0) is 25.8 Å². The number of ether oxygens (including phenoxy) is 4. The van der Waals surface area contributed by atoms with E-state index in [-0.39, 0.29) is 5.12 Å². The van der Waals surface area contributed by atoms with Crippen LogP contribution in [-0.2, 0) is 37.0 Å². The number of nitrogens with one attached hydrogen (secondary N) is 1. The SMILES string of the molecule is CCCCOCCOCCO[Si](CCCSC(C)=O)(OCCNCC)OCCOCCOCCCC. The second kappa shape index (κ2) is 27.9. The molecule has 0 aliphatic heterocycles. The summed E-state index contributed by atoms with van der Waals surface area (Å²) in [6.07, 6.45) is 5.15. The highest BCUT2D eigenvalue weighted by Gasteiger charge is 2.40. The van der Waals surface area contributed by atoms with Crippen molar-refractivity contribution < 1.29 is 37.0 Å². The van der Waals surface area contributed by atoms with Gasteiger partial charge in [0.25, 0.3) is 0 Å². The van der Waals surface area contributed by atoms with Gasteiger partial charge in [0.1, 0.15) is 0 Å².